The Balaban J connectivity index is 1.37. The molecule has 7 heteroatoms. The lowest BCUT2D eigenvalue weighted by atomic mass is 9.83. The minimum absolute atomic E-state index is 0.193. The topological polar surface area (TPSA) is 95.7 Å². The van der Waals surface area contributed by atoms with Crippen molar-refractivity contribution in [3.8, 4) is 11.1 Å². The average Bonchev–Trinajstić information content (AvgIpc) is 3.92. The van der Waals surface area contributed by atoms with E-state index in [-0.39, 0.29) is 18.4 Å². The second-order valence-electron chi connectivity index (χ2n) is 13.1. The summed E-state index contributed by atoms with van der Waals surface area (Å²) < 4.78 is 0. The molecule has 3 N–H and O–H groups in total. The van der Waals surface area contributed by atoms with E-state index in [0.29, 0.717) is 25.3 Å². The number of aryl methyl sites for hydroxylation is 1. The van der Waals surface area contributed by atoms with Crippen molar-refractivity contribution in [2.45, 2.75) is 58.5 Å². The number of nitrogens with one attached hydrogen (secondary N) is 1. The molecule has 1 heterocycles. The smallest absolute Gasteiger partial charge is 0.251 e. The molecule has 4 aromatic rings. The van der Waals surface area contributed by atoms with Crippen LogP contribution in [0.4, 0.5) is 17.1 Å². The van der Waals surface area contributed by atoms with Gasteiger partial charge in [0.2, 0.25) is 11.8 Å². The highest BCUT2D eigenvalue weighted by molar-refractivity contribution is 6.04. The molecule has 1 saturated carbocycles. The Morgan fingerprint density at radius 3 is 2.23 bits per heavy atom. The van der Waals surface area contributed by atoms with Gasteiger partial charge in [-0.25, -0.2) is 0 Å². The van der Waals surface area contributed by atoms with Crippen molar-refractivity contribution in [2.75, 3.05) is 16.3 Å². The molecule has 0 aromatic heterocycles. The lowest BCUT2D eigenvalue weighted by Crippen LogP contribution is -2.54. The molecular weight excluding hydrogens is 584 g/mol. The van der Waals surface area contributed by atoms with Crippen LogP contribution in [0.2, 0.25) is 0 Å². The molecule has 1 fully saturated rings. The number of carbonyl (C=O) groups excluding carboxylic acids is 3. The zero-order chi connectivity index (χ0) is 32.9. The molecule has 2 aliphatic rings. The fraction of sp³-hybridized carbons (Fsp3) is 0.325. The van der Waals surface area contributed by atoms with Gasteiger partial charge in [0.1, 0.15) is 6.04 Å². The molecule has 3 amide bonds. The maximum absolute atomic E-state index is 14.7. The monoisotopic (exact) mass is 628 g/mol. The Kier molecular flexibility index (Phi) is 9.71. The Morgan fingerprint density at radius 2 is 1.55 bits per heavy atom. The minimum Gasteiger partial charge on any atom is -0.369 e. The molecule has 0 saturated heterocycles. The van der Waals surface area contributed by atoms with Crippen molar-refractivity contribution in [1.82, 2.24) is 5.32 Å². The standard InChI is InChI=1S/C40H44N4O3/c1-3-10-33(38(41)45)34(24-28-19-20-28)39(46)42-35-26-43(32-13-5-4-6-14-32)36-15-7-8-16-37(36)44(40(35)47)25-29-11-9-12-31(23-29)30-21-17-27(2)18-22-30/h4-9,11-18,21-23,28,33-35H,3,10,19-20,24-26H2,1-2H3,(H2,41,45)(H,42,46)/t33-,34+,35?/m0/s1. The number of nitrogens with two attached hydrogens (primary N) is 1. The first-order chi connectivity index (χ1) is 22.8. The summed E-state index contributed by atoms with van der Waals surface area (Å²) in [5.74, 6) is -1.63. The molecular formula is C40H44N4O3. The van der Waals surface area contributed by atoms with Gasteiger partial charge in [0.25, 0.3) is 5.91 Å². The van der Waals surface area contributed by atoms with E-state index in [4.69, 9.17) is 5.73 Å². The third-order valence-electron chi connectivity index (χ3n) is 9.50. The first kappa shape index (κ1) is 32.0. The second kappa shape index (κ2) is 14.2. The summed E-state index contributed by atoms with van der Waals surface area (Å²) in [7, 11) is 0. The third-order valence-corrected chi connectivity index (χ3v) is 9.50. The number of carbonyl (C=O) groups is 3. The van der Waals surface area contributed by atoms with Gasteiger partial charge in [-0.2, -0.15) is 0 Å². The van der Waals surface area contributed by atoms with Gasteiger partial charge < -0.3 is 20.9 Å². The molecule has 3 atom stereocenters. The minimum atomic E-state index is -0.854. The van der Waals surface area contributed by atoms with Gasteiger partial charge in [-0.05, 0) is 72.7 Å². The summed E-state index contributed by atoms with van der Waals surface area (Å²) >= 11 is 0. The number of rotatable bonds is 12. The van der Waals surface area contributed by atoms with Gasteiger partial charge in [-0.15, -0.1) is 0 Å². The molecule has 1 unspecified atom stereocenters. The van der Waals surface area contributed by atoms with Crippen LogP contribution in [0.1, 0.15) is 50.2 Å². The summed E-state index contributed by atoms with van der Waals surface area (Å²) in [6.07, 6.45) is 4.01. The predicted octanol–water partition coefficient (Wildman–Crippen LogP) is 7.15. The first-order valence-corrected chi connectivity index (χ1v) is 16.8. The highest BCUT2D eigenvalue weighted by atomic mass is 16.2. The van der Waals surface area contributed by atoms with Crippen LogP contribution in [0.5, 0.6) is 0 Å². The highest BCUT2D eigenvalue weighted by Crippen LogP contribution is 2.40. The SMILES string of the molecule is CCC[C@H](C(N)=O)[C@@H](CC1CC1)C(=O)NC1CN(c2ccccc2)c2ccccc2N(Cc2cccc(-c3ccc(C)cc3)c2)C1=O. The van der Waals surface area contributed by atoms with Crippen LogP contribution in [-0.2, 0) is 20.9 Å². The van der Waals surface area contributed by atoms with E-state index >= 15 is 0 Å². The molecule has 1 aliphatic carbocycles. The third kappa shape index (κ3) is 7.40. The average molecular weight is 629 g/mol. The molecule has 7 nitrogen and oxygen atoms in total. The lowest BCUT2D eigenvalue weighted by Gasteiger charge is -2.29. The van der Waals surface area contributed by atoms with Gasteiger partial charge >= 0.3 is 0 Å². The van der Waals surface area contributed by atoms with Crippen molar-refractivity contribution in [1.29, 1.82) is 0 Å². The van der Waals surface area contributed by atoms with E-state index in [2.05, 4.69) is 53.5 Å². The Labute approximate surface area is 277 Å². The van der Waals surface area contributed by atoms with Crippen LogP contribution >= 0.6 is 0 Å². The molecule has 0 spiro atoms. The number of anilines is 3. The largest absolute Gasteiger partial charge is 0.369 e. The molecule has 6 rings (SSSR count). The quantitative estimate of drug-likeness (QED) is 0.174. The summed E-state index contributed by atoms with van der Waals surface area (Å²) in [6.45, 7) is 4.65. The Bertz CT molecular complexity index is 1720. The van der Waals surface area contributed by atoms with Gasteiger partial charge in [0.15, 0.2) is 0 Å². The first-order valence-electron chi connectivity index (χ1n) is 16.8. The van der Waals surface area contributed by atoms with Gasteiger partial charge in [-0.3, -0.25) is 14.4 Å². The van der Waals surface area contributed by atoms with Crippen LogP contribution in [0.15, 0.2) is 103 Å². The molecule has 242 valence electrons. The molecule has 0 radical (unpaired) electrons. The van der Waals surface area contributed by atoms with E-state index in [9.17, 15) is 14.4 Å². The number of fused-ring (bicyclic) bond motifs is 1. The van der Waals surface area contributed by atoms with Crippen molar-refractivity contribution in [3.63, 3.8) is 0 Å². The summed E-state index contributed by atoms with van der Waals surface area (Å²) in [4.78, 5) is 45.3. The Hall–Kier alpha value is -4.91. The number of nitrogens with zero attached hydrogens (tertiary/aromatic N) is 2. The number of benzene rings is 4. The van der Waals surface area contributed by atoms with Crippen LogP contribution in [-0.4, -0.2) is 30.3 Å². The number of para-hydroxylation sites is 3. The fourth-order valence-electron chi connectivity index (χ4n) is 6.79. The van der Waals surface area contributed by atoms with E-state index < -0.39 is 23.8 Å². The van der Waals surface area contributed by atoms with Crippen molar-refractivity contribution >= 4 is 34.8 Å². The van der Waals surface area contributed by atoms with Gasteiger partial charge in [0, 0.05) is 17.5 Å². The van der Waals surface area contributed by atoms with Gasteiger partial charge in [0.05, 0.1) is 24.5 Å². The zero-order valence-corrected chi connectivity index (χ0v) is 27.3. The summed E-state index contributed by atoms with van der Waals surface area (Å²) in [5, 5.41) is 3.15. The zero-order valence-electron chi connectivity index (χ0n) is 27.3. The lowest BCUT2D eigenvalue weighted by molar-refractivity contribution is -0.135. The van der Waals surface area contributed by atoms with Gasteiger partial charge in [-0.1, -0.05) is 105 Å². The highest BCUT2D eigenvalue weighted by Gasteiger charge is 2.40. The number of hydrogen-bond acceptors (Lipinski definition) is 4. The number of amides is 3. The van der Waals surface area contributed by atoms with Crippen LogP contribution < -0.4 is 20.9 Å². The number of primary amides is 1. The van der Waals surface area contributed by atoms with Crippen LogP contribution in [0.25, 0.3) is 11.1 Å². The maximum Gasteiger partial charge on any atom is 0.251 e. The summed E-state index contributed by atoms with van der Waals surface area (Å²) in [5.41, 5.74) is 12.8. The van der Waals surface area contributed by atoms with Crippen molar-refractivity contribution in [3.05, 3.63) is 114 Å². The second-order valence-corrected chi connectivity index (χ2v) is 13.1. The molecule has 4 aromatic carbocycles. The fourth-order valence-corrected chi connectivity index (χ4v) is 6.79. The van der Waals surface area contributed by atoms with E-state index in [0.717, 1.165) is 53.0 Å². The maximum atomic E-state index is 14.7. The van der Waals surface area contributed by atoms with E-state index in [1.165, 1.54) is 5.56 Å². The normalized spacial score (nSPS) is 17.4. The van der Waals surface area contributed by atoms with Crippen LogP contribution in [0.3, 0.4) is 0 Å². The van der Waals surface area contributed by atoms with Crippen LogP contribution in [0, 0.1) is 24.7 Å². The van der Waals surface area contributed by atoms with E-state index in [1.807, 2.05) is 73.7 Å². The summed E-state index contributed by atoms with van der Waals surface area (Å²) in [6, 6.07) is 33.7. The van der Waals surface area contributed by atoms with Crippen molar-refractivity contribution in [2.24, 2.45) is 23.5 Å². The molecule has 0 bridgehead atoms. The predicted molar refractivity (Wildman–Crippen MR) is 188 cm³/mol. The molecule has 1 aliphatic heterocycles. The number of hydrogen-bond donors (Lipinski definition) is 2. The molecule has 47 heavy (non-hydrogen) atoms. The Morgan fingerprint density at radius 1 is 0.851 bits per heavy atom. The van der Waals surface area contributed by atoms with E-state index in [1.54, 1.807) is 4.90 Å². The van der Waals surface area contributed by atoms with Crippen molar-refractivity contribution < 1.29 is 14.4 Å².